The average Bonchev–Trinajstić information content (AvgIpc) is 3.12. The lowest BCUT2D eigenvalue weighted by Crippen LogP contribution is -2.48. The van der Waals surface area contributed by atoms with Crippen LogP contribution in [-0.4, -0.2) is 23.8 Å². The van der Waals surface area contributed by atoms with E-state index < -0.39 is 30.1 Å². The Hall–Kier alpha value is -3.31. The molecule has 1 aliphatic heterocycles. The second kappa shape index (κ2) is 9.15. The van der Waals surface area contributed by atoms with Crippen LogP contribution in [-0.2, 0) is 16.8 Å². The highest BCUT2D eigenvalue weighted by Crippen LogP contribution is 2.47. The van der Waals surface area contributed by atoms with Crippen molar-refractivity contribution in [3.05, 3.63) is 70.3 Å². The van der Waals surface area contributed by atoms with Crippen LogP contribution in [0.5, 0.6) is 5.75 Å². The Morgan fingerprint density at radius 3 is 2.62 bits per heavy atom. The molecule has 1 aliphatic carbocycles. The van der Waals surface area contributed by atoms with E-state index in [0.29, 0.717) is 30.6 Å². The molecule has 1 unspecified atom stereocenters. The monoisotopic (exact) mass is 470 g/mol. The van der Waals surface area contributed by atoms with Gasteiger partial charge in [0.1, 0.15) is 17.4 Å². The first-order valence-corrected chi connectivity index (χ1v) is 11.2. The van der Waals surface area contributed by atoms with Gasteiger partial charge in [-0.15, -0.1) is 0 Å². The Kier molecular flexibility index (Phi) is 6.41. The molecule has 0 radical (unpaired) electrons. The van der Waals surface area contributed by atoms with Crippen molar-refractivity contribution in [2.75, 3.05) is 6.61 Å². The SMILES string of the molecule is CC(O)c1ccc(C2=C(C#N)C(=O)N[C@@]3(CCc4cc(OCCCC(F)(F)F)ccc43)C2)cc1. The van der Waals surface area contributed by atoms with Gasteiger partial charge in [0.25, 0.3) is 5.91 Å². The van der Waals surface area contributed by atoms with Crippen LogP contribution in [0.1, 0.15) is 61.0 Å². The highest BCUT2D eigenvalue weighted by atomic mass is 19.4. The summed E-state index contributed by atoms with van der Waals surface area (Å²) < 4.78 is 42.5. The maximum Gasteiger partial charge on any atom is 0.389 e. The fourth-order valence-corrected chi connectivity index (χ4v) is 4.77. The van der Waals surface area contributed by atoms with Crippen molar-refractivity contribution < 1.29 is 27.8 Å². The first-order valence-electron chi connectivity index (χ1n) is 11.2. The molecule has 0 fully saturated rings. The van der Waals surface area contributed by atoms with Gasteiger partial charge in [-0.3, -0.25) is 4.79 Å². The molecule has 0 aromatic heterocycles. The minimum atomic E-state index is -4.20. The van der Waals surface area contributed by atoms with Gasteiger partial charge in [0.15, 0.2) is 0 Å². The third kappa shape index (κ3) is 4.80. The van der Waals surface area contributed by atoms with Crippen molar-refractivity contribution in [2.45, 2.75) is 56.8 Å². The summed E-state index contributed by atoms with van der Waals surface area (Å²) in [6.07, 6.45) is -4.07. The lowest BCUT2D eigenvalue weighted by molar-refractivity contribution is -0.136. The van der Waals surface area contributed by atoms with E-state index in [4.69, 9.17) is 4.74 Å². The van der Waals surface area contributed by atoms with Gasteiger partial charge in [-0.1, -0.05) is 30.3 Å². The fraction of sp³-hybridized carbons (Fsp3) is 0.385. The number of nitriles is 1. The number of hydrogen-bond donors (Lipinski definition) is 2. The van der Waals surface area contributed by atoms with E-state index in [0.717, 1.165) is 22.3 Å². The second-order valence-electron chi connectivity index (χ2n) is 8.86. The lowest BCUT2D eigenvalue weighted by atomic mass is 9.78. The number of aliphatic hydroxyl groups is 1. The summed E-state index contributed by atoms with van der Waals surface area (Å²) in [5.74, 6) is 0.0750. The topological polar surface area (TPSA) is 82.3 Å². The van der Waals surface area contributed by atoms with Crippen molar-refractivity contribution in [3.8, 4) is 11.8 Å². The van der Waals surface area contributed by atoms with Gasteiger partial charge in [0, 0.05) is 12.8 Å². The minimum Gasteiger partial charge on any atom is -0.494 e. The van der Waals surface area contributed by atoms with Crippen LogP contribution in [0.25, 0.3) is 5.57 Å². The largest absolute Gasteiger partial charge is 0.494 e. The van der Waals surface area contributed by atoms with E-state index >= 15 is 0 Å². The number of halogens is 3. The van der Waals surface area contributed by atoms with E-state index in [1.807, 2.05) is 30.3 Å². The molecule has 0 saturated heterocycles. The number of carbonyl (C=O) groups excluding carboxylic acids is 1. The summed E-state index contributed by atoms with van der Waals surface area (Å²) in [6.45, 7) is 1.64. The fourth-order valence-electron chi connectivity index (χ4n) is 4.77. The highest BCUT2D eigenvalue weighted by Gasteiger charge is 2.45. The normalized spacial score (nSPS) is 20.6. The molecule has 34 heavy (non-hydrogen) atoms. The molecule has 1 amide bonds. The number of carbonyl (C=O) groups is 1. The summed E-state index contributed by atoms with van der Waals surface area (Å²) in [6, 6.07) is 14.6. The van der Waals surface area contributed by atoms with E-state index in [-0.39, 0.29) is 18.6 Å². The van der Waals surface area contributed by atoms with E-state index in [9.17, 15) is 28.3 Å². The number of nitrogens with zero attached hydrogens (tertiary/aromatic N) is 1. The zero-order chi connectivity index (χ0) is 24.5. The Morgan fingerprint density at radius 1 is 1.24 bits per heavy atom. The summed E-state index contributed by atoms with van der Waals surface area (Å²) >= 11 is 0. The number of nitrogens with one attached hydrogen (secondary N) is 1. The van der Waals surface area contributed by atoms with Crippen LogP contribution in [0, 0.1) is 11.3 Å². The van der Waals surface area contributed by atoms with Gasteiger partial charge in [-0.25, -0.2) is 0 Å². The van der Waals surface area contributed by atoms with E-state index in [2.05, 4.69) is 5.32 Å². The molecule has 2 atom stereocenters. The summed E-state index contributed by atoms with van der Waals surface area (Å²) in [5, 5.41) is 22.5. The first-order chi connectivity index (χ1) is 16.1. The predicted octanol–water partition coefficient (Wildman–Crippen LogP) is 5.10. The van der Waals surface area contributed by atoms with Gasteiger partial charge in [0.2, 0.25) is 0 Å². The molecular weight excluding hydrogens is 445 g/mol. The lowest BCUT2D eigenvalue weighted by Gasteiger charge is -2.37. The number of rotatable bonds is 6. The van der Waals surface area contributed by atoms with Gasteiger partial charge in [-0.05, 0) is 66.1 Å². The number of amides is 1. The zero-order valence-corrected chi connectivity index (χ0v) is 18.7. The number of aryl methyl sites for hydroxylation is 1. The quantitative estimate of drug-likeness (QED) is 0.576. The number of hydrogen-bond acceptors (Lipinski definition) is 4. The summed E-state index contributed by atoms with van der Waals surface area (Å²) in [7, 11) is 0. The van der Waals surface area contributed by atoms with Crippen LogP contribution in [0.3, 0.4) is 0 Å². The van der Waals surface area contributed by atoms with Gasteiger partial charge in [0.05, 0.1) is 18.2 Å². The molecule has 2 aromatic carbocycles. The Bertz CT molecular complexity index is 1160. The Morgan fingerprint density at radius 2 is 1.97 bits per heavy atom. The second-order valence-corrected chi connectivity index (χ2v) is 8.86. The molecule has 1 heterocycles. The molecule has 0 saturated carbocycles. The number of ether oxygens (including phenoxy) is 1. The molecule has 8 heteroatoms. The molecule has 2 N–H and O–H groups in total. The van der Waals surface area contributed by atoms with Crippen LogP contribution < -0.4 is 10.1 Å². The van der Waals surface area contributed by atoms with Gasteiger partial charge >= 0.3 is 6.18 Å². The number of alkyl halides is 3. The standard InChI is InChI=1S/C26H25F3N2O3/c1-16(32)17-3-5-18(6-4-17)21-14-25(31-24(33)22(21)15-30)11-9-19-13-20(7-8-23(19)25)34-12-2-10-26(27,28)29/h3-8,13,16,32H,2,9-12,14H2,1H3,(H,31,33)/t16?,25-/m0/s1. The highest BCUT2D eigenvalue weighted by molar-refractivity contribution is 6.07. The molecule has 1 spiro atoms. The number of fused-ring (bicyclic) bond motifs is 2. The third-order valence-electron chi connectivity index (χ3n) is 6.50. The first kappa shape index (κ1) is 23.8. The average molecular weight is 470 g/mol. The van der Waals surface area contributed by atoms with Gasteiger partial charge in [-0.2, -0.15) is 18.4 Å². The van der Waals surface area contributed by atoms with Crippen molar-refractivity contribution in [3.63, 3.8) is 0 Å². The molecule has 2 aliphatic rings. The van der Waals surface area contributed by atoms with Crippen molar-refractivity contribution >= 4 is 11.5 Å². The molecule has 5 nitrogen and oxygen atoms in total. The van der Waals surface area contributed by atoms with Crippen molar-refractivity contribution in [2.24, 2.45) is 0 Å². The number of aliphatic hydroxyl groups excluding tert-OH is 1. The van der Waals surface area contributed by atoms with E-state index in [1.165, 1.54) is 0 Å². The third-order valence-corrected chi connectivity index (χ3v) is 6.50. The van der Waals surface area contributed by atoms with Crippen LogP contribution in [0.4, 0.5) is 13.2 Å². The maximum absolute atomic E-state index is 12.9. The molecule has 178 valence electrons. The summed E-state index contributed by atoms with van der Waals surface area (Å²) in [5.41, 5.74) is 3.47. The molecule has 2 aromatic rings. The maximum atomic E-state index is 12.9. The minimum absolute atomic E-state index is 0.0267. The molecule has 4 rings (SSSR count). The molecule has 0 bridgehead atoms. The van der Waals surface area contributed by atoms with Crippen LogP contribution in [0.15, 0.2) is 48.0 Å². The Balaban J connectivity index is 1.57. The van der Waals surface area contributed by atoms with Crippen LogP contribution in [0.2, 0.25) is 0 Å². The summed E-state index contributed by atoms with van der Waals surface area (Å²) in [4.78, 5) is 12.9. The predicted molar refractivity (Wildman–Crippen MR) is 120 cm³/mol. The van der Waals surface area contributed by atoms with Crippen molar-refractivity contribution in [1.29, 1.82) is 5.26 Å². The Labute approximate surface area is 195 Å². The number of benzene rings is 2. The smallest absolute Gasteiger partial charge is 0.389 e. The molecular formula is C26H25F3N2O3. The van der Waals surface area contributed by atoms with Crippen molar-refractivity contribution in [1.82, 2.24) is 5.32 Å². The van der Waals surface area contributed by atoms with Crippen LogP contribution >= 0.6 is 0 Å². The van der Waals surface area contributed by atoms with Gasteiger partial charge < -0.3 is 15.2 Å². The van der Waals surface area contributed by atoms with E-state index in [1.54, 1.807) is 25.1 Å². The zero-order valence-electron chi connectivity index (χ0n) is 18.7.